The molecule has 0 aliphatic heterocycles. The molecule has 0 saturated carbocycles. The molecule has 1 rings (SSSR count). The van der Waals surface area contributed by atoms with Gasteiger partial charge in [-0.05, 0) is 18.5 Å². The van der Waals surface area contributed by atoms with Crippen LogP contribution in [0.2, 0.25) is 0 Å². The number of ether oxygens (including phenoxy) is 1. The van der Waals surface area contributed by atoms with Crippen molar-refractivity contribution in [3.8, 4) is 0 Å². The van der Waals surface area contributed by atoms with Crippen molar-refractivity contribution in [2.75, 3.05) is 20.2 Å². The van der Waals surface area contributed by atoms with Gasteiger partial charge in [0.2, 0.25) is 0 Å². The zero-order valence-corrected chi connectivity index (χ0v) is 9.51. The SMILES string of the molecule is COC(=O)CNCCc1ccc([N+](=O)[O-])cc1. The van der Waals surface area contributed by atoms with Crippen molar-refractivity contribution >= 4 is 11.7 Å². The number of methoxy groups -OCH3 is 1. The molecule has 0 radical (unpaired) electrons. The lowest BCUT2D eigenvalue weighted by Gasteiger charge is -2.03. The van der Waals surface area contributed by atoms with Crippen LogP contribution in [0.3, 0.4) is 0 Å². The standard InChI is InChI=1S/C11H14N2O4/c1-17-11(14)8-12-7-6-9-2-4-10(5-3-9)13(15)16/h2-5,12H,6-8H2,1H3. The number of non-ortho nitro benzene ring substituents is 1. The second-order valence-corrected chi connectivity index (χ2v) is 3.43. The number of carbonyl (C=O) groups is 1. The number of hydrogen-bond donors (Lipinski definition) is 1. The van der Waals surface area contributed by atoms with Crippen LogP contribution in [0.15, 0.2) is 24.3 Å². The van der Waals surface area contributed by atoms with Crippen molar-refractivity contribution in [3.63, 3.8) is 0 Å². The molecule has 6 heteroatoms. The van der Waals surface area contributed by atoms with Crippen LogP contribution in [0.4, 0.5) is 5.69 Å². The van der Waals surface area contributed by atoms with E-state index in [0.717, 1.165) is 5.56 Å². The van der Waals surface area contributed by atoms with Crippen LogP contribution in [-0.2, 0) is 16.0 Å². The number of esters is 1. The molecule has 17 heavy (non-hydrogen) atoms. The summed E-state index contributed by atoms with van der Waals surface area (Å²) in [4.78, 5) is 20.8. The van der Waals surface area contributed by atoms with Gasteiger partial charge < -0.3 is 10.1 Å². The number of rotatable bonds is 6. The molecular formula is C11H14N2O4. The first-order chi connectivity index (χ1) is 8.13. The number of nitro benzene ring substituents is 1. The Morgan fingerprint density at radius 2 is 2.06 bits per heavy atom. The maximum Gasteiger partial charge on any atom is 0.319 e. The van der Waals surface area contributed by atoms with E-state index in [4.69, 9.17) is 0 Å². The first-order valence-corrected chi connectivity index (χ1v) is 5.14. The average Bonchev–Trinajstić information content (AvgIpc) is 2.34. The Kier molecular flexibility index (Phi) is 5.09. The van der Waals surface area contributed by atoms with Gasteiger partial charge in [-0.25, -0.2) is 0 Å². The molecule has 0 aromatic heterocycles. The van der Waals surface area contributed by atoms with Gasteiger partial charge in [0.25, 0.3) is 5.69 Å². The number of hydrogen-bond acceptors (Lipinski definition) is 5. The summed E-state index contributed by atoms with van der Waals surface area (Å²) in [5.41, 5.74) is 1.06. The third-order valence-electron chi connectivity index (χ3n) is 2.23. The fraction of sp³-hybridized carbons (Fsp3) is 0.364. The molecule has 0 aliphatic rings. The number of benzene rings is 1. The summed E-state index contributed by atoms with van der Waals surface area (Å²) in [6, 6.07) is 6.35. The monoisotopic (exact) mass is 238 g/mol. The molecule has 0 saturated heterocycles. The van der Waals surface area contributed by atoms with Crippen molar-refractivity contribution in [2.45, 2.75) is 6.42 Å². The van der Waals surface area contributed by atoms with Crippen molar-refractivity contribution < 1.29 is 14.5 Å². The van der Waals surface area contributed by atoms with Crippen LogP contribution in [0.25, 0.3) is 0 Å². The van der Waals surface area contributed by atoms with Crippen LogP contribution >= 0.6 is 0 Å². The highest BCUT2D eigenvalue weighted by atomic mass is 16.6. The molecule has 1 aromatic carbocycles. The molecule has 1 aromatic rings. The topological polar surface area (TPSA) is 81.5 Å². The summed E-state index contributed by atoms with van der Waals surface area (Å²) in [5.74, 6) is -0.311. The van der Waals surface area contributed by atoms with E-state index in [9.17, 15) is 14.9 Å². The van der Waals surface area contributed by atoms with Crippen molar-refractivity contribution in [2.24, 2.45) is 0 Å². The van der Waals surface area contributed by atoms with Crippen molar-refractivity contribution in [1.29, 1.82) is 0 Å². The third kappa shape index (κ3) is 4.60. The smallest absolute Gasteiger partial charge is 0.319 e. The van der Waals surface area contributed by atoms with Gasteiger partial charge in [-0.3, -0.25) is 14.9 Å². The molecule has 0 spiro atoms. The molecule has 0 unspecified atom stereocenters. The lowest BCUT2D eigenvalue weighted by Crippen LogP contribution is -2.25. The molecule has 0 amide bonds. The minimum Gasteiger partial charge on any atom is -0.468 e. The fourth-order valence-corrected chi connectivity index (χ4v) is 1.28. The summed E-state index contributed by atoms with van der Waals surface area (Å²) in [7, 11) is 1.33. The molecule has 0 atom stereocenters. The number of nitro groups is 1. The van der Waals surface area contributed by atoms with Crippen LogP contribution in [-0.4, -0.2) is 31.1 Å². The highest BCUT2D eigenvalue weighted by Crippen LogP contribution is 2.11. The molecule has 0 bridgehead atoms. The van der Waals surface area contributed by atoms with Gasteiger partial charge >= 0.3 is 5.97 Å². The Balaban J connectivity index is 2.32. The zero-order chi connectivity index (χ0) is 12.7. The number of nitrogens with one attached hydrogen (secondary N) is 1. The second kappa shape index (κ2) is 6.59. The lowest BCUT2D eigenvalue weighted by atomic mass is 10.1. The normalized spacial score (nSPS) is 9.94. The van der Waals surface area contributed by atoms with Gasteiger partial charge in [0.15, 0.2) is 0 Å². The van der Waals surface area contributed by atoms with Gasteiger partial charge in [0.05, 0.1) is 18.6 Å². The van der Waals surface area contributed by atoms with E-state index >= 15 is 0 Å². The largest absolute Gasteiger partial charge is 0.468 e. The van der Waals surface area contributed by atoms with E-state index < -0.39 is 4.92 Å². The third-order valence-corrected chi connectivity index (χ3v) is 2.23. The van der Waals surface area contributed by atoms with Gasteiger partial charge in [-0.15, -0.1) is 0 Å². The first-order valence-electron chi connectivity index (χ1n) is 5.14. The van der Waals surface area contributed by atoms with Crippen LogP contribution in [0.1, 0.15) is 5.56 Å². The maximum atomic E-state index is 10.8. The Morgan fingerprint density at radius 1 is 1.41 bits per heavy atom. The van der Waals surface area contributed by atoms with Crippen LogP contribution < -0.4 is 5.32 Å². The minimum absolute atomic E-state index is 0.0799. The highest BCUT2D eigenvalue weighted by molar-refractivity contribution is 5.71. The fourth-order valence-electron chi connectivity index (χ4n) is 1.28. The molecule has 0 fully saturated rings. The molecule has 92 valence electrons. The summed E-state index contributed by atoms with van der Waals surface area (Å²) in [6.07, 6.45) is 0.703. The average molecular weight is 238 g/mol. The lowest BCUT2D eigenvalue weighted by molar-refractivity contribution is -0.384. The Hall–Kier alpha value is -1.95. The van der Waals surface area contributed by atoms with E-state index in [0.29, 0.717) is 13.0 Å². The Labute approximate surface area is 98.7 Å². The van der Waals surface area contributed by atoms with Crippen LogP contribution in [0.5, 0.6) is 0 Å². The van der Waals surface area contributed by atoms with E-state index in [1.807, 2.05) is 0 Å². The summed E-state index contributed by atoms with van der Waals surface area (Å²) >= 11 is 0. The quantitative estimate of drug-likeness (QED) is 0.344. The van der Waals surface area contributed by atoms with E-state index in [2.05, 4.69) is 10.1 Å². The molecular weight excluding hydrogens is 224 g/mol. The van der Waals surface area contributed by atoms with Crippen LogP contribution in [0, 0.1) is 10.1 Å². The van der Waals surface area contributed by atoms with Gasteiger partial charge in [-0.1, -0.05) is 12.1 Å². The number of carbonyl (C=O) groups excluding carboxylic acids is 1. The zero-order valence-electron chi connectivity index (χ0n) is 9.51. The first kappa shape index (κ1) is 13.1. The molecule has 0 heterocycles. The second-order valence-electron chi connectivity index (χ2n) is 3.43. The van der Waals surface area contributed by atoms with E-state index in [1.54, 1.807) is 12.1 Å². The predicted molar refractivity (Wildman–Crippen MR) is 61.7 cm³/mol. The number of nitrogens with zero attached hydrogens (tertiary/aromatic N) is 1. The van der Waals surface area contributed by atoms with Gasteiger partial charge in [-0.2, -0.15) is 0 Å². The van der Waals surface area contributed by atoms with Gasteiger partial charge in [0.1, 0.15) is 0 Å². The molecule has 0 aliphatic carbocycles. The molecule has 6 nitrogen and oxygen atoms in total. The van der Waals surface area contributed by atoms with Gasteiger partial charge in [0, 0.05) is 12.1 Å². The van der Waals surface area contributed by atoms with Crippen molar-refractivity contribution in [1.82, 2.24) is 5.32 Å². The predicted octanol–water partition coefficient (Wildman–Crippen LogP) is 0.900. The molecule has 1 N–H and O–H groups in total. The minimum atomic E-state index is -0.431. The van der Waals surface area contributed by atoms with Crippen molar-refractivity contribution in [3.05, 3.63) is 39.9 Å². The van der Waals surface area contributed by atoms with E-state index in [-0.39, 0.29) is 18.2 Å². The summed E-state index contributed by atoms with van der Waals surface area (Å²) in [5, 5.41) is 13.3. The van der Waals surface area contributed by atoms with E-state index in [1.165, 1.54) is 19.2 Å². The Morgan fingerprint density at radius 3 is 2.59 bits per heavy atom. The highest BCUT2D eigenvalue weighted by Gasteiger charge is 2.04. The Bertz CT molecular complexity index is 389. The summed E-state index contributed by atoms with van der Waals surface area (Å²) < 4.78 is 4.47. The maximum absolute atomic E-state index is 10.8. The summed E-state index contributed by atoms with van der Waals surface area (Å²) in [6.45, 7) is 0.788.